The highest BCUT2D eigenvalue weighted by Gasteiger charge is 2.31. The molecule has 0 atom stereocenters. The maximum atomic E-state index is 13.3. The van der Waals surface area contributed by atoms with Crippen LogP contribution < -0.4 is 9.64 Å². The Morgan fingerprint density at radius 2 is 1.96 bits per heavy atom. The number of carbonyl (C=O) groups is 1. The minimum absolute atomic E-state index is 0.0986. The lowest BCUT2D eigenvalue weighted by atomic mass is 9.96. The molecule has 4 rings (SSSR count). The first-order valence-electron chi connectivity index (χ1n) is 8.58. The van der Waals surface area contributed by atoms with Gasteiger partial charge < -0.3 is 14.1 Å². The number of ether oxygens (including phenoxy) is 1. The van der Waals surface area contributed by atoms with Crippen LogP contribution in [0.1, 0.15) is 33.7 Å². The Labute approximate surface area is 147 Å². The van der Waals surface area contributed by atoms with Crippen molar-refractivity contribution in [1.29, 1.82) is 0 Å². The molecule has 1 aliphatic rings. The number of nitrogens with zero attached hydrogens (tertiary/aromatic N) is 1. The molecule has 0 spiro atoms. The normalized spacial score (nSPS) is 13.8. The lowest BCUT2D eigenvalue weighted by Crippen LogP contribution is -2.36. The number of aryl methyl sites for hydroxylation is 2. The van der Waals surface area contributed by atoms with Gasteiger partial charge in [0.05, 0.1) is 12.8 Å². The third-order valence-corrected chi connectivity index (χ3v) is 5.06. The van der Waals surface area contributed by atoms with Crippen LogP contribution in [0.3, 0.4) is 0 Å². The molecule has 0 unspecified atom stereocenters. The Hall–Kier alpha value is -2.75. The average Bonchev–Trinajstić information content (AvgIpc) is 2.98. The second-order valence-corrected chi connectivity index (χ2v) is 6.52. The molecule has 2 heterocycles. The van der Waals surface area contributed by atoms with E-state index in [-0.39, 0.29) is 5.91 Å². The molecule has 2 aromatic carbocycles. The summed E-state index contributed by atoms with van der Waals surface area (Å²) in [7, 11) is 1.65. The number of benzene rings is 2. The van der Waals surface area contributed by atoms with E-state index in [1.165, 1.54) is 11.1 Å². The van der Waals surface area contributed by atoms with Gasteiger partial charge in [-0.3, -0.25) is 4.79 Å². The number of anilines is 1. The molecule has 4 heteroatoms. The third kappa shape index (κ3) is 2.40. The number of hydrogen-bond donors (Lipinski definition) is 0. The first-order chi connectivity index (χ1) is 12.1. The van der Waals surface area contributed by atoms with Gasteiger partial charge in [0.25, 0.3) is 5.91 Å². The van der Waals surface area contributed by atoms with Gasteiger partial charge in [-0.25, -0.2) is 0 Å². The molecule has 1 amide bonds. The van der Waals surface area contributed by atoms with Crippen LogP contribution in [0.15, 0.2) is 40.8 Å². The van der Waals surface area contributed by atoms with Crippen molar-refractivity contribution in [3.8, 4) is 5.75 Å². The van der Waals surface area contributed by atoms with Crippen LogP contribution in [0.2, 0.25) is 0 Å². The minimum Gasteiger partial charge on any atom is -0.495 e. The Balaban J connectivity index is 1.85. The number of carbonyl (C=O) groups excluding carboxylic acids is 1. The van der Waals surface area contributed by atoms with Crippen molar-refractivity contribution in [3.05, 3.63) is 58.8 Å². The fourth-order valence-corrected chi connectivity index (χ4v) is 3.72. The quantitative estimate of drug-likeness (QED) is 0.684. The van der Waals surface area contributed by atoms with E-state index in [1.54, 1.807) is 7.11 Å². The summed E-state index contributed by atoms with van der Waals surface area (Å²) in [5.74, 6) is 1.05. The summed E-state index contributed by atoms with van der Waals surface area (Å²) in [6.07, 6.45) is 1.90. The number of methoxy groups -OCH3 is 1. The molecule has 0 N–H and O–H groups in total. The lowest BCUT2D eigenvalue weighted by Gasteiger charge is -2.31. The molecule has 1 aromatic heterocycles. The Morgan fingerprint density at radius 1 is 1.16 bits per heavy atom. The third-order valence-electron chi connectivity index (χ3n) is 5.06. The molecule has 3 aromatic rings. The zero-order valence-electron chi connectivity index (χ0n) is 14.8. The first-order valence-corrected chi connectivity index (χ1v) is 8.58. The van der Waals surface area contributed by atoms with Crippen LogP contribution in [0.4, 0.5) is 5.69 Å². The topological polar surface area (TPSA) is 42.7 Å². The van der Waals surface area contributed by atoms with E-state index in [9.17, 15) is 4.79 Å². The van der Waals surface area contributed by atoms with Crippen molar-refractivity contribution >= 4 is 22.6 Å². The van der Waals surface area contributed by atoms with Crippen LogP contribution in [-0.4, -0.2) is 19.6 Å². The summed E-state index contributed by atoms with van der Waals surface area (Å²) in [6.45, 7) is 4.69. The van der Waals surface area contributed by atoms with E-state index in [0.29, 0.717) is 12.3 Å². The molecular formula is C21H21NO3. The zero-order valence-corrected chi connectivity index (χ0v) is 14.8. The van der Waals surface area contributed by atoms with Gasteiger partial charge in [-0.1, -0.05) is 24.3 Å². The highest BCUT2D eigenvalue weighted by atomic mass is 16.5. The fourth-order valence-electron chi connectivity index (χ4n) is 3.72. The Morgan fingerprint density at radius 3 is 2.72 bits per heavy atom. The van der Waals surface area contributed by atoms with E-state index >= 15 is 0 Å². The summed E-state index contributed by atoms with van der Waals surface area (Å²) < 4.78 is 11.4. The maximum absolute atomic E-state index is 13.3. The second-order valence-electron chi connectivity index (χ2n) is 6.52. The summed E-state index contributed by atoms with van der Waals surface area (Å²) in [5, 5.41) is 0.985. The van der Waals surface area contributed by atoms with Crippen LogP contribution >= 0.6 is 0 Å². The molecule has 128 valence electrons. The van der Waals surface area contributed by atoms with E-state index in [0.717, 1.165) is 40.8 Å². The smallest absolute Gasteiger partial charge is 0.294 e. The van der Waals surface area contributed by atoms with Gasteiger partial charge in [-0.05, 0) is 49.9 Å². The summed E-state index contributed by atoms with van der Waals surface area (Å²) in [6, 6.07) is 11.8. The number of para-hydroxylation sites is 1. The summed E-state index contributed by atoms with van der Waals surface area (Å²) in [5.41, 5.74) is 4.90. The van der Waals surface area contributed by atoms with Gasteiger partial charge in [0, 0.05) is 17.5 Å². The molecule has 0 aliphatic carbocycles. The van der Waals surface area contributed by atoms with E-state index in [2.05, 4.69) is 13.0 Å². The van der Waals surface area contributed by atoms with Crippen LogP contribution in [0, 0.1) is 13.8 Å². The standard InChI is InChI=1S/C21H21NO3/c1-13-10-11-18(24-3)19-15(13)8-6-12-22(19)21(23)20-14(2)16-7-4-5-9-17(16)25-20/h4-5,7,9-11H,6,8,12H2,1-3H3. The van der Waals surface area contributed by atoms with Gasteiger partial charge in [-0.2, -0.15) is 0 Å². The van der Waals surface area contributed by atoms with Gasteiger partial charge in [0.15, 0.2) is 5.76 Å². The molecular weight excluding hydrogens is 314 g/mol. The van der Waals surface area contributed by atoms with Crippen molar-refractivity contribution in [1.82, 2.24) is 0 Å². The zero-order chi connectivity index (χ0) is 17.6. The number of hydrogen-bond acceptors (Lipinski definition) is 3. The number of fused-ring (bicyclic) bond motifs is 2. The van der Waals surface area contributed by atoms with Gasteiger partial charge >= 0.3 is 0 Å². The van der Waals surface area contributed by atoms with Gasteiger partial charge in [-0.15, -0.1) is 0 Å². The van der Waals surface area contributed by atoms with E-state index in [4.69, 9.17) is 9.15 Å². The van der Waals surface area contributed by atoms with Crippen LogP contribution in [0.25, 0.3) is 11.0 Å². The molecule has 0 saturated carbocycles. The van der Waals surface area contributed by atoms with Crippen molar-refractivity contribution in [2.75, 3.05) is 18.6 Å². The van der Waals surface area contributed by atoms with Gasteiger partial charge in [0.1, 0.15) is 11.3 Å². The van der Waals surface area contributed by atoms with Crippen molar-refractivity contribution in [2.24, 2.45) is 0 Å². The number of amides is 1. The van der Waals surface area contributed by atoms with Gasteiger partial charge in [0.2, 0.25) is 0 Å². The van der Waals surface area contributed by atoms with Crippen LogP contribution in [0.5, 0.6) is 5.75 Å². The predicted molar refractivity (Wildman–Crippen MR) is 98.7 cm³/mol. The summed E-state index contributed by atoms with van der Waals surface area (Å²) in [4.78, 5) is 15.1. The minimum atomic E-state index is -0.0986. The summed E-state index contributed by atoms with van der Waals surface area (Å²) >= 11 is 0. The van der Waals surface area contributed by atoms with Crippen molar-refractivity contribution in [2.45, 2.75) is 26.7 Å². The average molecular weight is 335 g/mol. The van der Waals surface area contributed by atoms with Crippen LogP contribution in [-0.2, 0) is 6.42 Å². The SMILES string of the molecule is COc1ccc(C)c2c1N(C(=O)c1oc3ccccc3c1C)CCC2. The first kappa shape index (κ1) is 15.8. The molecule has 4 nitrogen and oxygen atoms in total. The molecule has 0 fully saturated rings. The number of furan rings is 1. The highest BCUT2D eigenvalue weighted by molar-refractivity contribution is 6.09. The highest BCUT2D eigenvalue weighted by Crippen LogP contribution is 2.39. The van der Waals surface area contributed by atoms with E-state index in [1.807, 2.05) is 42.2 Å². The Kier molecular flexibility index (Phi) is 3.75. The largest absolute Gasteiger partial charge is 0.495 e. The van der Waals surface area contributed by atoms with Crippen molar-refractivity contribution < 1.29 is 13.9 Å². The predicted octanol–water partition coefficient (Wildman–Crippen LogP) is 4.65. The molecule has 25 heavy (non-hydrogen) atoms. The number of rotatable bonds is 2. The molecule has 0 saturated heterocycles. The molecule has 0 radical (unpaired) electrons. The van der Waals surface area contributed by atoms with Crippen molar-refractivity contribution in [3.63, 3.8) is 0 Å². The Bertz CT molecular complexity index is 971. The molecule has 1 aliphatic heterocycles. The monoisotopic (exact) mass is 335 g/mol. The van der Waals surface area contributed by atoms with E-state index < -0.39 is 0 Å². The maximum Gasteiger partial charge on any atom is 0.294 e. The molecule has 0 bridgehead atoms. The lowest BCUT2D eigenvalue weighted by molar-refractivity contribution is 0.0959. The second kappa shape index (κ2) is 5.96. The fraction of sp³-hybridized carbons (Fsp3) is 0.286.